The summed E-state index contributed by atoms with van der Waals surface area (Å²) in [5.41, 5.74) is 2.27. The first-order valence-electron chi connectivity index (χ1n) is 11.0. The van der Waals surface area contributed by atoms with E-state index in [1.54, 1.807) is 24.3 Å². The molecule has 0 radical (unpaired) electrons. The Morgan fingerprint density at radius 3 is 2.30 bits per heavy atom. The van der Waals surface area contributed by atoms with Gasteiger partial charge in [0.05, 0.1) is 5.41 Å². The quantitative estimate of drug-likeness (QED) is 0.524. The third kappa shape index (κ3) is 4.95. The van der Waals surface area contributed by atoms with Gasteiger partial charge in [-0.3, -0.25) is 19.7 Å². The third-order valence-corrected chi connectivity index (χ3v) is 6.13. The first-order chi connectivity index (χ1) is 16.0. The Balaban J connectivity index is 1.38. The van der Waals surface area contributed by atoms with E-state index in [2.05, 4.69) is 10.6 Å². The molecular formula is C27H26N2O4. The lowest BCUT2D eigenvalue weighted by Crippen LogP contribution is -2.51. The van der Waals surface area contributed by atoms with Crippen molar-refractivity contribution in [2.24, 2.45) is 0 Å². The number of hydrogen-bond donors (Lipinski definition) is 2. The molecule has 0 aliphatic carbocycles. The van der Waals surface area contributed by atoms with Crippen molar-refractivity contribution in [1.82, 2.24) is 5.32 Å². The second-order valence-corrected chi connectivity index (χ2v) is 8.14. The van der Waals surface area contributed by atoms with Crippen LogP contribution in [0.5, 0.6) is 5.75 Å². The number of benzene rings is 3. The second-order valence-electron chi connectivity index (χ2n) is 8.14. The summed E-state index contributed by atoms with van der Waals surface area (Å²) in [6.45, 7) is 2.37. The van der Waals surface area contributed by atoms with Crippen LogP contribution < -0.4 is 15.4 Å². The minimum Gasteiger partial charge on any atom is -0.489 e. The van der Waals surface area contributed by atoms with E-state index >= 15 is 0 Å². The number of anilines is 1. The van der Waals surface area contributed by atoms with Crippen molar-refractivity contribution < 1.29 is 19.1 Å². The topological polar surface area (TPSA) is 84.5 Å². The van der Waals surface area contributed by atoms with Crippen LogP contribution in [0.25, 0.3) is 0 Å². The second kappa shape index (κ2) is 9.69. The Bertz CT molecular complexity index is 1140. The van der Waals surface area contributed by atoms with Crippen LogP contribution in [0.1, 0.15) is 47.7 Å². The maximum Gasteiger partial charge on any atom is 0.255 e. The van der Waals surface area contributed by atoms with Crippen molar-refractivity contribution in [1.29, 1.82) is 0 Å². The third-order valence-electron chi connectivity index (χ3n) is 6.13. The number of hydrogen-bond acceptors (Lipinski definition) is 4. The number of piperidine rings is 1. The van der Waals surface area contributed by atoms with Crippen LogP contribution >= 0.6 is 0 Å². The molecule has 1 aliphatic rings. The van der Waals surface area contributed by atoms with E-state index < -0.39 is 5.41 Å². The number of carbonyl (C=O) groups is 3. The van der Waals surface area contributed by atoms with E-state index in [1.165, 1.54) is 0 Å². The summed E-state index contributed by atoms with van der Waals surface area (Å²) < 4.78 is 5.73. The summed E-state index contributed by atoms with van der Waals surface area (Å²) in [4.78, 5) is 36.8. The summed E-state index contributed by atoms with van der Waals surface area (Å²) in [6, 6.07) is 24.1. The van der Waals surface area contributed by atoms with Gasteiger partial charge in [0.15, 0.2) is 0 Å². The molecule has 3 aromatic carbocycles. The molecular weight excluding hydrogens is 416 g/mol. The van der Waals surface area contributed by atoms with Gasteiger partial charge >= 0.3 is 0 Å². The molecule has 0 saturated carbocycles. The van der Waals surface area contributed by atoms with Crippen LogP contribution in [0.2, 0.25) is 0 Å². The smallest absolute Gasteiger partial charge is 0.255 e. The van der Waals surface area contributed by atoms with Gasteiger partial charge in [-0.15, -0.1) is 0 Å². The number of carbonyl (C=O) groups excluding carboxylic acids is 3. The fourth-order valence-corrected chi connectivity index (χ4v) is 4.08. The maximum atomic E-state index is 12.7. The minimum absolute atomic E-state index is 0.218. The number of amides is 3. The lowest BCUT2D eigenvalue weighted by molar-refractivity contribution is -0.138. The fourth-order valence-electron chi connectivity index (χ4n) is 4.08. The lowest BCUT2D eigenvalue weighted by Gasteiger charge is -2.35. The molecule has 6 heteroatoms. The highest BCUT2D eigenvalue weighted by Gasteiger charge is 2.42. The Morgan fingerprint density at radius 2 is 1.67 bits per heavy atom. The molecule has 0 aromatic heterocycles. The van der Waals surface area contributed by atoms with Gasteiger partial charge in [0, 0.05) is 17.7 Å². The molecule has 0 bridgehead atoms. The SMILES string of the molecule is CCC1(c2ccc(NC(=O)c3ccc(COc4ccccc4)cc3)cc2)CCC(=O)NC1=O. The number of para-hydroxylation sites is 1. The Labute approximate surface area is 193 Å². The van der Waals surface area contributed by atoms with Crippen LogP contribution in [0.4, 0.5) is 5.69 Å². The van der Waals surface area contributed by atoms with E-state index in [9.17, 15) is 14.4 Å². The molecule has 1 saturated heterocycles. The Morgan fingerprint density at radius 1 is 0.970 bits per heavy atom. The molecule has 3 aromatic rings. The Kier molecular flexibility index (Phi) is 6.54. The van der Waals surface area contributed by atoms with Gasteiger partial charge in [-0.05, 0) is 60.4 Å². The Hall–Kier alpha value is -3.93. The van der Waals surface area contributed by atoms with Gasteiger partial charge in [-0.2, -0.15) is 0 Å². The minimum atomic E-state index is -0.714. The molecule has 3 amide bonds. The first-order valence-corrected chi connectivity index (χ1v) is 11.0. The highest BCUT2D eigenvalue weighted by molar-refractivity contribution is 6.05. The number of rotatable bonds is 7. The molecule has 4 rings (SSSR count). The van der Waals surface area contributed by atoms with Crippen molar-refractivity contribution in [3.63, 3.8) is 0 Å². The molecule has 33 heavy (non-hydrogen) atoms. The van der Waals surface area contributed by atoms with Gasteiger partial charge in [0.2, 0.25) is 11.8 Å². The molecule has 0 spiro atoms. The maximum absolute atomic E-state index is 12.7. The van der Waals surface area contributed by atoms with Crippen molar-refractivity contribution in [3.05, 3.63) is 95.6 Å². The van der Waals surface area contributed by atoms with E-state index in [0.29, 0.717) is 37.1 Å². The van der Waals surface area contributed by atoms with Crippen LogP contribution in [-0.4, -0.2) is 17.7 Å². The molecule has 1 aliphatic heterocycles. The molecule has 1 heterocycles. The fraction of sp³-hybridized carbons (Fsp3) is 0.222. The molecule has 2 N–H and O–H groups in total. The van der Waals surface area contributed by atoms with Gasteiger partial charge in [-0.1, -0.05) is 49.4 Å². The van der Waals surface area contributed by atoms with E-state index in [-0.39, 0.29) is 17.7 Å². The van der Waals surface area contributed by atoms with E-state index in [1.807, 2.05) is 61.5 Å². The first kappa shape index (κ1) is 22.3. The molecule has 1 atom stereocenters. The van der Waals surface area contributed by atoms with Crippen molar-refractivity contribution in [2.75, 3.05) is 5.32 Å². The van der Waals surface area contributed by atoms with Crippen LogP contribution in [-0.2, 0) is 21.6 Å². The normalized spacial score (nSPS) is 17.8. The summed E-state index contributed by atoms with van der Waals surface area (Å²) in [6.07, 6.45) is 1.41. The number of imide groups is 1. The zero-order chi connectivity index (χ0) is 23.3. The van der Waals surface area contributed by atoms with Crippen LogP contribution in [0, 0.1) is 0 Å². The van der Waals surface area contributed by atoms with Gasteiger partial charge in [-0.25, -0.2) is 0 Å². The molecule has 1 unspecified atom stereocenters. The molecule has 168 valence electrons. The largest absolute Gasteiger partial charge is 0.489 e. The van der Waals surface area contributed by atoms with Crippen LogP contribution in [0.15, 0.2) is 78.9 Å². The van der Waals surface area contributed by atoms with Gasteiger partial charge in [0.1, 0.15) is 12.4 Å². The van der Waals surface area contributed by atoms with Crippen LogP contribution in [0.3, 0.4) is 0 Å². The molecule has 6 nitrogen and oxygen atoms in total. The van der Waals surface area contributed by atoms with Crippen molar-refractivity contribution >= 4 is 23.4 Å². The zero-order valence-corrected chi connectivity index (χ0v) is 18.5. The number of ether oxygens (including phenoxy) is 1. The standard InChI is InChI=1S/C27H26N2O4/c1-2-27(17-16-24(30)29-26(27)32)21-12-14-22(15-13-21)28-25(31)20-10-8-19(9-11-20)18-33-23-6-4-3-5-7-23/h3-15H,2,16-18H2,1H3,(H,28,31)(H,29,30,32). The van der Waals surface area contributed by atoms with Gasteiger partial charge in [0.25, 0.3) is 5.91 Å². The predicted molar refractivity (Wildman–Crippen MR) is 126 cm³/mol. The molecule has 1 fully saturated rings. The predicted octanol–water partition coefficient (Wildman–Crippen LogP) is 4.60. The lowest BCUT2D eigenvalue weighted by atomic mass is 9.72. The van der Waals surface area contributed by atoms with Crippen molar-refractivity contribution in [2.45, 2.75) is 38.2 Å². The van der Waals surface area contributed by atoms with E-state index in [4.69, 9.17) is 4.74 Å². The average molecular weight is 443 g/mol. The van der Waals surface area contributed by atoms with E-state index in [0.717, 1.165) is 16.9 Å². The zero-order valence-electron chi connectivity index (χ0n) is 18.5. The summed E-state index contributed by atoms with van der Waals surface area (Å²) in [7, 11) is 0. The van der Waals surface area contributed by atoms with Gasteiger partial charge < -0.3 is 10.1 Å². The average Bonchev–Trinajstić information content (AvgIpc) is 2.85. The highest BCUT2D eigenvalue weighted by Crippen LogP contribution is 2.36. The summed E-state index contributed by atoms with van der Waals surface area (Å²) in [5.74, 6) is 0.0920. The highest BCUT2D eigenvalue weighted by atomic mass is 16.5. The van der Waals surface area contributed by atoms with Crippen molar-refractivity contribution in [3.8, 4) is 5.75 Å². The summed E-state index contributed by atoms with van der Waals surface area (Å²) >= 11 is 0. The summed E-state index contributed by atoms with van der Waals surface area (Å²) in [5, 5.41) is 5.34. The number of nitrogens with one attached hydrogen (secondary N) is 2. The monoisotopic (exact) mass is 442 g/mol.